The first kappa shape index (κ1) is 24.5. The minimum Gasteiger partial charge on any atom is -0.465 e. The largest absolute Gasteiger partial charge is 0.465 e. The molecule has 0 saturated carbocycles. The van der Waals surface area contributed by atoms with Crippen molar-refractivity contribution in [3.8, 4) is 0 Å². The molecule has 150 valence electrons. The molecule has 3 atom stereocenters. The van der Waals surface area contributed by atoms with Crippen molar-refractivity contribution in [2.45, 2.75) is 102 Å². The van der Waals surface area contributed by atoms with Gasteiger partial charge in [-0.3, -0.25) is 4.79 Å². The molecule has 0 fully saturated rings. The van der Waals surface area contributed by atoms with E-state index in [1.807, 2.05) is 20.8 Å². The summed E-state index contributed by atoms with van der Waals surface area (Å²) in [6.45, 7) is 24.9. The van der Waals surface area contributed by atoms with Crippen LogP contribution in [0.1, 0.15) is 102 Å². The van der Waals surface area contributed by atoms with Crippen LogP contribution in [0.5, 0.6) is 0 Å². The predicted molar refractivity (Wildman–Crippen MR) is 110 cm³/mol. The fourth-order valence-electron chi connectivity index (χ4n) is 3.71. The second kappa shape index (κ2) is 9.42. The van der Waals surface area contributed by atoms with Crippen molar-refractivity contribution in [3.63, 3.8) is 0 Å². The van der Waals surface area contributed by atoms with Crippen LogP contribution in [0.2, 0.25) is 0 Å². The van der Waals surface area contributed by atoms with Gasteiger partial charge in [-0.05, 0) is 68.6 Å². The van der Waals surface area contributed by atoms with Gasteiger partial charge in [0.1, 0.15) is 0 Å². The summed E-state index contributed by atoms with van der Waals surface area (Å²) in [7, 11) is 0. The van der Waals surface area contributed by atoms with Crippen molar-refractivity contribution in [1.82, 2.24) is 0 Å². The molecule has 0 saturated heterocycles. The van der Waals surface area contributed by atoms with Crippen LogP contribution in [0.15, 0.2) is 0 Å². The molecule has 0 spiro atoms. The van der Waals surface area contributed by atoms with E-state index in [2.05, 4.69) is 55.4 Å². The van der Waals surface area contributed by atoms with Crippen LogP contribution >= 0.6 is 0 Å². The highest BCUT2D eigenvalue weighted by Gasteiger charge is 2.28. The standard InChI is InChI=1S/C23H46O2/c1-17(14-21(3,4)5)12-13-19(18(2)15-22(6,7)8)16-25-20(24)23(9,10)11/h17-19H,12-16H2,1-11H3. The van der Waals surface area contributed by atoms with E-state index in [4.69, 9.17) is 4.74 Å². The Kier molecular flexibility index (Phi) is 9.22. The van der Waals surface area contributed by atoms with Crippen LogP contribution in [0.3, 0.4) is 0 Å². The Bertz CT molecular complexity index is 390. The molecular formula is C23H46O2. The first-order chi connectivity index (χ1) is 11.0. The summed E-state index contributed by atoms with van der Waals surface area (Å²) in [5, 5.41) is 0. The van der Waals surface area contributed by atoms with Crippen LogP contribution in [-0.2, 0) is 9.53 Å². The normalized spacial score (nSPS) is 17.1. The molecule has 0 aromatic rings. The van der Waals surface area contributed by atoms with Crippen LogP contribution in [0, 0.1) is 34.0 Å². The molecule has 0 aliphatic heterocycles. The Morgan fingerprint density at radius 3 is 1.68 bits per heavy atom. The lowest BCUT2D eigenvalue weighted by Gasteiger charge is -2.31. The predicted octanol–water partition coefficient (Wildman–Crippen LogP) is 7.12. The average molecular weight is 355 g/mol. The summed E-state index contributed by atoms with van der Waals surface area (Å²) in [4.78, 5) is 12.2. The molecule has 2 heteroatoms. The molecule has 0 heterocycles. The molecule has 0 N–H and O–H groups in total. The molecule has 0 bridgehead atoms. The summed E-state index contributed by atoms with van der Waals surface area (Å²) < 4.78 is 5.70. The van der Waals surface area contributed by atoms with Crippen LogP contribution < -0.4 is 0 Å². The van der Waals surface area contributed by atoms with Crippen molar-refractivity contribution >= 4 is 5.97 Å². The number of esters is 1. The zero-order valence-electron chi connectivity index (χ0n) is 19.1. The van der Waals surface area contributed by atoms with Crippen molar-refractivity contribution in [2.24, 2.45) is 34.0 Å². The van der Waals surface area contributed by atoms with E-state index in [0.29, 0.717) is 35.2 Å². The number of hydrogen-bond donors (Lipinski definition) is 0. The maximum absolute atomic E-state index is 12.2. The summed E-state index contributed by atoms with van der Waals surface area (Å²) in [5.41, 5.74) is 0.269. The van der Waals surface area contributed by atoms with Gasteiger partial charge in [0, 0.05) is 0 Å². The molecule has 25 heavy (non-hydrogen) atoms. The van der Waals surface area contributed by atoms with E-state index in [-0.39, 0.29) is 5.97 Å². The van der Waals surface area contributed by atoms with E-state index in [1.54, 1.807) is 0 Å². The Balaban J connectivity index is 4.81. The van der Waals surface area contributed by atoms with Gasteiger partial charge in [0.2, 0.25) is 0 Å². The van der Waals surface area contributed by atoms with Gasteiger partial charge in [-0.25, -0.2) is 0 Å². The van der Waals surface area contributed by atoms with Gasteiger partial charge in [-0.15, -0.1) is 0 Å². The fourth-order valence-corrected chi connectivity index (χ4v) is 3.71. The number of carbonyl (C=O) groups is 1. The number of carbonyl (C=O) groups excluding carboxylic acids is 1. The maximum Gasteiger partial charge on any atom is 0.311 e. The Morgan fingerprint density at radius 2 is 1.28 bits per heavy atom. The third-order valence-corrected chi connectivity index (χ3v) is 4.77. The summed E-state index contributed by atoms with van der Waals surface area (Å²) in [5.74, 6) is 1.65. The third-order valence-electron chi connectivity index (χ3n) is 4.77. The lowest BCUT2D eigenvalue weighted by atomic mass is 9.76. The third kappa shape index (κ3) is 12.5. The Labute approximate surface area is 158 Å². The number of hydrogen-bond acceptors (Lipinski definition) is 2. The van der Waals surface area contributed by atoms with Crippen molar-refractivity contribution < 1.29 is 9.53 Å². The summed E-state index contributed by atoms with van der Waals surface area (Å²) in [6, 6.07) is 0. The second-order valence-electron chi connectivity index (χ2n) is 11.8. The highest BCUT2D eigenvalue weighted by Crippen LogP contribution is 2.34. The maximum atomic E-state index is 12.2. The Hall–Kier alpha value is -0.530. The quantitative estimate of drug-likeness (QED) is 0.434. The molecule has 0 radical (unpaired) electrons. The van der Waals surface area contributed by atoms with Crippen LogP contribution in [0.25, 0.3) is 0 Å². The molecule has 0 aliphatic carbocycles. The lowest BCUT2D eigenvalue weighted by Crippen LogP contribution is -2.29. The minimum absolute atomic E-state index is 0.0804. The smallest absolute Gasteiger partial charge is 0.311 e. The van der Waals surface area contributed by atoms with E-state index in [9.17, 15) is 4.79 Å². The number of rotatable bonds is 8. The molecule has 0 aromatic heterocycles. The van der Waals surface area contributed by atoms with Gasteiger partial charge in [-0.2, -0.15) is 0 Å². The monoisotopic (exact) mass is 354 g/mol. The summed E-state index contributed by atoms with van der Waals surface area (Å²) >= 11 is 0. The van der Waals surface area contributed by atoms with E-state index >= 15 is 0 Å². The second-order valence-corrected chi connectivity index (χ2v) is 11.8. The number of ether oxygens (including phenoxy) is 1. The highest BCUT2D eigenvalue weighted by molar-refractivity contribution is 5.75. The van der Waals surface area contributed by atoms with E-state index in [1.165, 1.54) is 19.3 Å². The zero-order valence-corrected chi connectivity index (χ0v) is 19.1. The molecular weight excluding hydrogens is 308 g/mol. The molecule has 0 amide bonds. The summed E-state index contributed by atoms with van der Waals surface area (Å²) in [6.07, 6.45) is 4.77. The van der Waals surface area contributed by atoms with Gasteiger partial charge in [0.15, 0.2) is 0 Å². The Morgan fingerprint density at radius 1 is 0.800 bits per heavy atom. The zero-order chi connectivity index (χ0) is 20.1. The topological polar surface area (TPSA) is 26.3 Å². The van der Waals surface area contributed by atoms with Crippen molar-refractivity contribution in [2.75, 3.05) is 6.61 Å². The van der Waals surface area contributed by atoms with Crippen LogP contribution in [-0.4, -0.2) is 12.6 Å². The molecule has 2 nitrogen and oxygen atoms in total. The molecule has 0 aromatic carbocycles. The minimum atomic E-state index is -0.419. The van der Waals surface area contributed by atoms with Gasteiger partial charge in [0.05, 0.1) is 12.0 Å². The SMILES string of the molecule is CC(CCC(COC(=O)C(C)(C)C)C(C)CC(C)(C)C)CC(C)(C)C. The average Bonchev–Trinajstić information content (AvgIpc) is 2.32. The molecule has 3 unspecified atom stereocenters. The molecule has 0 rings (SSSR count). The fraction of sp³-hybridized carbons (Fsp3) is 0.957. The first-order valence-electron chi connectivity index (χ1n) is 10.2. The van der Waals surface area contributed by atoms with Crippen molar-refractivity contribution in [3.05, 3.63) is 0 Å². The van der Waals surface area contributed by atoms with Crippen LogP contribution in [0.4, 0.5) is 0 Å². The molecule has 0 aliphatic rings. The van der Waals surface area contributed by atoms with Crippen molar-refractivity contribution in [1.29, 1.82) is 0 Å². The van der Waals surface area contributed by atoms with E-state index < -0.39 is 5.41 Å². The van der Waals surface area contributed by atoms with Gasteiger partial charge in [-0.1, -0.05) is 61.8 Å². The van der Waals surface area contributed by atoms with Gasteiger partial charge >= 0.3 is 5.97 Å². The van der Waals surface area contributed by atoms with E-state index in [0.717, 1.165) is 6.42 Å². The van der Waals surface area contributed by atoms with Gasteiger partial charge < -0.3 is 4.74 Å². The van der Waals surface area contributed by atoms with Gasteiger partial charge in [0.25, 0.3) is 0 Å². The lowest BCUT2D eigenvalue weighted by molar-refractivity contribution is -0.155. The highest BCUT2D eigenvalue weighted by atomic mass is 16.5. The first-order valence-corrected chi connectivity index (χ1v) is 10.2.